The van der Waals surface area contributed by atoms with Crippen LogP contribution in [-0.4, -0.2) is 77.5 Å². The summed E-state index contributed by atoms with van der Waals surface area (Å²) in [5.41, 5.74) is 0.505. The monoisotopic (exact) mass is 479 g/mol. The van der Waals surface area contributed by atoms with Crippen molar-refractivity contribution in [3.63, 3.8) is 0 Å². The molecule has 10 heteroatoms. The Morgan fingerprint density at radius 3 is 2.23 bits per heavy atom. The van der Waals surface area contributed by atoms with E-state index in [1.165, 1.54) is 14.2 Å². The first-order valence-corrected chi connectivity index (χ1v) is 11.3. The second kappa shape index (κ2) is 10.1. The summed E-state index contributed by atoms with van der Waals surface area (Å²) < 4.78 is 12.8. The van der Waals surface area contributed by atoms with Gasteiger partial charge in [-0.15, -0.1) is 0 Å². The Balaban J connectivity index is 1.86. The third-order valence-corrected chi connectivity index (χ3v) is 6.13. The summed E-state index contributed by atoms with van der Waals surface area (Å²) >= 11 is 0. The normalized spacial score (nSPS) is 14.1. The Kier molecular flexibility index (Phi) is 7.02. The first kappa shape index (κ1) is 24.2. The lowest BCUT2D eigenvalue weighted by molar-refractivity contribution is 0.0652. The molecule has 0 saturated carbocycles. The molecule has 0 unspecified atom stereocenters. The third-order valence-electron chi connectivity index (χ3n) is 6.13. The molecule has 184 valence electrons. The van der Waals surface area contributed by atoms with Gasteiger partial charge in [-0.3, -0.25) is 14.2 Å². The van der Waals surface area contributed by atoms with Gasteiger partial charge in [-0.1, -0.05) is 29.8 Å². The van der Waals surface area contributed by atoms with E-state index in [1.54, 1.807) is 23.1 Å². The number of amides is 1. The molecule has 10 nitrogen and oxygen atoms in total. The standard InChI is InChI=1S/C25H29N5O5/c1-17-5-7-18(8-6-17)16-29-24(32)22(23(31)28-13-11-27(2)12-14-28)26-30(25(29)33)19-9-10-20(34-3)21(15-19)35-4/h5-10,15H,11-14,16H2,1-4H3. The maximum absolute atomic E-state index is 13.5. The Morgan fingerprint density at radius 2 is 1.60 bits per heavy atom. The van der Waals surface area contributed by atoms with Crippen LogP contribution in [0.3, 0.4) is 0 Å². The predicted octanol–water partition coefficient (Wildman–Crippen LogP) is 1.16. The molecule has 1 aromatic heterocycles. The fraction of sp³-hybridized carbons (Fsp3) is 0.360. The summed E-state index contributed by atoms with van der Waals surface area (Å²) in [4.78, 5) is 43.9. The van der Waals surface area contributed by atoms with E-state index in [1.807, 2.05) is 38.2 Å². The number of rotatable bonds is 6. The van der Waals surface area contributed by atoms with Crippen LogP contribution in [0.2, 0.25) is 0 Å². The number of nitrogens with zero attached hydrogens (tertiary/aromatic N) is 5. The van der Waals surface area contributed by atoms with E-state index >= 15 is 0 Å². The Hall–Kier alpha value is -3.92. The number of hydrogen-bond donors (Lipinski definition) is 0. The molecule has 1 saturated heterocycles. The maximum atomic E-state index is 13.5. The number of carbonyl (C=O) groups is 1. The van der Waals surface area contributed by atoms with Crippen molar-refractivity contribution < 1.29 is 14.3 Å². The fourth-order valence-corrected chi connectivity index (χ4v) is 3.95. The van der Waals surface area contributed by atoms with Crippen molar-refractivity contribution in [2.24, 2.45) is 0 Å². The molecule has 0 aliphatic carbocycles. The van der Waals surface area contributed by atoms with Gasteiger partial charge < -0.3 is 19.3 Å². The van der Waals surface area contributed by atoms with Crippen molar-refractivity contribution in [3.8, 4) is 17.2 Å². The molecule has 3 aromatic rings. The second-order valence-corrected chi connectivity index (χ2v) is 8.55. The van der Waals surface area contributed by atoms with Crippen LogP contribution in [0.1, 0.15) is 21.6 Å². The fourth-order valence-electron chi connectivity index (χ4n) is 3.95. The minimum Gasteiger partial charge on any atom is -0.493 e. The average Bonchev–Trinajstić information content (AvgIpc) is 2.87. The van der Waals surface area contributed by atoms with Gasteiger partial charge in [0.1, 0.15) is 0 Å². The molecule has 0 spiro atoms. The SMILES string of the molecule is COc1ccc(-n2nc(C(=O)N3CCN(C)CC3)c(=O)n(Cc3ccc(C)cc3)c2=O)cc1OC. The number of benzene rings is 2. The minimum atomic E-state index is -0.712. The molecule has 0 N–H and O–H groups in total. The third kappa shape index (κ3) is 4.97. The van der Waals surface area contributed by atoms with E-state index in [4.69, 9.17) is 9.47 Å². The van der Waals surface area contributed by atoms with Crippen LogP contribution in [0.4, 0.5) is 0 Å². The molecule has 1 amide bonds. The Labute approximate surface area is 202 Å². The van der Waals surface area contributed by atoms with Gasteiger partial charge in [0.05, 0.1) is 26.5 Å². The van der Waals surface area contributed by atoms with Crippen molar-refractivity contribution in [1.82, 2.24) is 24.1 Å². The summed E-state index contributed by atoms with van der Waals surface area (Å²) in [7, 11) is 4.97. The Morgan fingerprint density at radius 1 is 0.943 bits per heavy atom. The number of aryl methyl sites for hydroxylation is 1. The van der Waals surface area contributed by atoms with E-state index < -0.39 is 17.2 Å². The van der Waals surface area contributed by atoms with Crippen molar-refractivity contribution in [1.29, 1.82) is 0 Å². The van der Waals surface area contributed by atoms with Crippen LogP contribution in [0.15, 0.2) is 52.1 Å². The number of ether oxygens (including phenoxy) is 2. The molecule has 1 aliphatic rings. The first-order valence-electron chi connectivity index (χ1n) is 11.3. The van der Waals surface area contributed by atoms with Crippen LogP contribution < -0.4 is 20.7 Å². The van der Waals surface area contributed by atoms with Gasteiger partial charge >= 0.3 is 5.69 Å². The van der Waals surface area contributed by atoms with Gasteiger partial charge in [-0.05, 0) is 31.7 Å². The summed E-state index contributed by atoms with van der Waals surface area (Å²) in [5.74, 6) is 0.378. The van der Waals surface area contributed by atoms with E-state index in [0.29, 0.717) is 43.4 Å². The zero-order valence-corrected chi connectivity index (χ0v) is 20.4. The van der Waals surface area contributed by atoms with Crippen LogP contribution in [-0.2, 0) is 6.54 Å². The molecule has 35 heavy (non-hydrogen) atoms. The van der Waals surface area contributed by atoms with Crippen molar-refractivity contribution in [2.75, 3.05) is 47.4 Å². The molecule has 4 rings (SSSR count). The van der Waals surface area contributed by atoms with Gasteiger partial charge in [0.15, 0.2) is 11.5 Å². The van der Waals surface area contributed by atoms with E-state index in [2.05, 4.69) is 10.00 Å². The van der Waals surface area contributed by atoms with Crippen LogP contribution in [0.5, 0.6) is 11.5 Å². The van der Waals surface area contributed by atoms with Crippen molar-refractivity contribution >= 4 is 5.91 Å². The number of aromatic nitrogens is 3. The summed E-state index contributed by atoms with van der Waals surface area (Å²) in [6.45, 7) is 4.31. The molecule has 0 bridgehead atoms. The molecular formula is C25H29N5O5. The largest absolute Gasteiger partial charge is 0.493 e. The molecular weight excluding hydrogens is 450 g/mol. The molecule has 2 aromatic carbocycles. The molecule has 1 aliphatic heterocycles. The molecule has 2 heterocycles. The molecule has 0 atom stereocenters. The zero-order valence-electron chi connectivity index (χ0n) is 20.4. The zero-order chi connectivity index (χ0) is 25.1. The number of likely N-dealkylation sites (N-methyl/N-ethyl adjacent to an activating group) is 1. The molecule has 1 fully saturated rings. The highest BCUT2D eigenvalue weighted by atomic mass is 16.5. The predicted molar refractivity (Wildman–Crippen MR) is 131 cm³/mol. The van der Waals surface area contributed by atoms with Gasteiger partial charge in [0.2, 0.25) is 5.69 Å². The number of methoxy groups -OCH3 is 2. The van der Waals surface area contributed by atoms with Gasteiger partial charge in [-0.2, -0.15) is 9.78 Å². The highest BCUT2D eigenvalue weighted by Gasteiger charge is 2.27. The van der Waals surface area contributed by atoms with Gasteiger partial charge in [0.25, 0.3) is 11.5 Å². The quantitative estimate of drug-likeness (QED) is 0.523. The maximum Gasteiger partial charge on any atom is 0.352 e. The average molecular weight is 480 g/mol. The Bertz CT molecular complexity index is 1340. The summed E-state index contributed by atoms with van der Waals surface area (Å²) in [5, 5.41) is 4.25. The lowest BCUT2D eigenvalue weighted by atomic mass is 10.1. The number of carbonyl (C=O) groups excluding carboxylic acids is 1. The van der Waals surface area contributed by atoms with Gasteiger partial charge in [0, 0.05) is 32.2 Å². The van der Waals surface area contributed by atoms with E-state index in [-0.39, 0.29) is 12.2 Å². The highest BCUT2D eigenvalue weighted by molar-refractivity contribution is 5.92. The van der Waals surface area contributed by atoms with Crippen LogP contribution in [0.25, 0.3) is 5.69 Å². The second-order valence-electron chi connectivity index (χ2n) is 8.55. The van der Waals surface area contributed by atoms with Crippen LogP contribution in [0, 0.1) is 6.92 Å². The lowest BCUT2D eigenvalue weighted by Crippen LogP contribution is -2.51. The van der Waals surface area contributed by atoms with Crippen molar-refractivity contribution in [3.05, 3.63) is 80.1 Å². The first-order chi connectivity index (χ1) is 16.8. The smallest absolute Gasteiger partial charge is 0.352 e. The number of hydrogen-bond acceptors (Lipinski definition) is 7. The summed E-state index contributed by atoms with van der Waals surface area (Å²) in [6.07, 6.45) is 0. The summed E-state index contributed by atoms with van der Waals surface area (Å²) in [6, 6.07) is 12.4. The minimum absolute atomic E-state index is 0.0107. The van der Waals surface area contributed by atoms with Crippen molar-refractivity contribution in [2.45, 2.75) is 13.5 Å². The molecule has 0 radical (unpaired) electrons. The topological polar surface area (TPSA) is 98.9 Å². The highest BCUT2D eigenvalue weighted by Crippen LogP contribution is 2.28. The van der Waals surface area contributed by atoms with E-state index in [9.17, 15) is 14.4 Å². The van der Waals surface area contributed by atoms with Crippen LogP contribution >= 0.6 is 0 Å². The number of piperazine rings is 1. The lowest BCUT2D eigenvalue weighted by Gasteiger charge is -2.32. The van der Waals surface area contributed by atoms with Gasteiger partial charge in [-0.25, -0.2) is 4.79 Å². The van der Waals surface area contributed by atoms with E-state index in [0.717, 1.165) is 20.4 Å².